The minimum Gasteiger partial charge on any atom is -0.466 e. The zero-order valence-corrected chi connectivity index (χ0v) is 16.3. The zero-order chi connectivity index (χ0) is 21.1. The molecule has 1 aliphatic heterocycles. The predicted molar refractivity (Wildman–Crippen MR) is 111 cm³/mol. The van der Waals surface area contributed by atoms with Gasteiger partial charge in [0, 0.05) is 30.8 Å². The van der Waals surface area contributed by atoms with Crippen molar-refractivity contribution in [3.05, 3.63) is 76.1 Å². The fourth-order valence-electron chi connectivity index (χ4n) is 3.45. The quantitative estimate of drug-likeness (QED) is 0.278. The normalized spacial score (nSPS) is 13.3. The smallest absolute Gasteiger partial charge is 0.330 e. The summed E-state index contributed by atoms with van der Waals surface area (Å²) in [6, 6.07) is 14.7. The van der Waals surface area contributed by atoms with E-state index in [9.17, 15) is 14.9 Å². The molecular weight excluding hydrogens is 386 g/mol. The Balaban J connectivity index is 1.61. The van der Waals surface area contributed by atoms with E-state index in [0.29, 0.717) is 30.9 Å². The van der Waals surface area contributed by atoms with Gasteiger partial charge in [-0.05, 0) is 17.7 Å². The Morgan fingerprint density at radius 3 is 2.70 bits per heavy atom. The third-order valence-electron chi connectivity index (χ3n) is 4.94. The summed E-state index contributed by atoms with van der Waals surface area (Å²) in [5.41, 5.74) is 2.00. The maximum atomic E-state index is 11.7. The van der Waals surface area contributed by atoms with Gasteiger partial charge in [0.05, 0.1) is 18.6 Å². The molecule has 30 heavy (non-hydrogen) atoms. The van der Waals surface area contributed by atoms with Crippen LogP contribution in [0, 0.1) is 10.1 Å². The van der Waals surface area contributed by atoms with Crippen LogP contribution in [0.15, 0.2) is 54.6 Å². The van der Waals surface area contributed by atoms with Crippen LogP contribution in [-0.4, -0.2) is 39.3 Å². The number of hydrogen-bond acceptors (Lipinski definition) is 7. The Hall–Kier alpha value is -4.01. The molecule has 0 fully saturated rings. The lowest BCUT2D eigenvalue weighted by molar-refractivity contribution is -0.384. The Morgan fingerprint density at radius 2 is 1.97 bits per heavy atom. The first-order valence-electron chi connectivity index (χ1n) is 9.33. The van der Waals surface area contributed by atoms with E-state index in [1.54, 1.807) is 12.1 Å². The molecule has 4 rings (SSSR count). The molecule has 2 heterocycles. The summed E-state index contributed by atoms with van der Waals surface area (Å²) >= 11 is 0. The minimum atomic E-state index is -0.522. The van der Waals surface area contributed by atoms with E-state index in [1.165, 1.54) is 25.3 Å². The molecule has 0 N–H and O–H groups in total. The van der Waals surface area contributed by atoms with Crippen LogP contribution < -0.4 is 4.90 Å². The molecule has 152 valence electrons. The number of hydrogen-bond donors (Lipinski definition) is 0. The summed E-state index contributed by atoms with van der Waals surface area (Å²) < 4.78 is 6.60. The van der Waals surface area contributed by atoms with Crippen LogP contribution in [0.5, 0.6) is 0 Å². The van der Waals surface area contributed by atoms with Gasteiger partial charge in [0.2, 0.25) is 0 Å². The molecule has 0 saturated heterocycles. The second-order valence-electron chi connectivity index (χ2n) is 6.74. The Kier molecular flexibility index (Phi) is 5.25. The summed E-state index contributed by atoms with van der Waals surface area (Å²) in [5.74, 6) is 1.03. The Morgan fingerprint density at radius 1 is 1.17 bits per heavy atom. The van der Waals surface area contributed by atoms with E-state index >= 15 is 0 Å². The monoisotopic (exact) mass is 405 g/mol. The summed E-state index contributed by atoms with van der Waals surface area (Å²) in [6.07, 6.45) is 2.72. The van der Waals surface area contributed by atoms with Crippen molar-refractivity contribution in [1.82, 2.24) is 14.8 Å². The lowest BCUT2D eigenvalue weighted by Gasteiger charge is -2.29. The highest BCUT2D eigenvalue weighted by Crippen LogP contribution is 2.33. The molecule has 0 radical (unpaired) electrons. The van der Waals surface area contributed by atoms with E-state index in [1.807, 2.05) is 39.8 Å². The highest BCUT2D eigenvalue weighted by molar-refractivity contribution is 5.87. The number of carbonyl (C=O) groups is 1. The first kappa shape index (κ1) is 19.3. The lowest BCUT2D eigenvalue weighted by Crippen LogP contribution is -2.34. The molecule has 3 aromatic rings. The third-order valence-corrected chi connectivity index (χ3v) is 4.94. The lowest BCUT2D eigenvalue weighted by atomic mass is 10.1. The molecule has 0 unspecified atom stereocenters. The van der Waals surface area contributed by atoms with Crippen LogP contribution in [0.1, 0.15) is 11.4 Å². The van der Waals surface area contributed by atoms with Gasteiger partial charge in [-0.15, -0.1) is 10.2 Å². The topological polar surface area (TPSA) is 103 Å². The number of methoxy groups -OCH3 is 1. The number of aromatic nitrogens is 3. The summed E-state index contributed by atoms with van der Waals surface area (Å²) in [5, 5.41) is 20.3. The van der Waals surface area contributed by atoms with Crippen molar-refractivity contribution in [1.29, 1.82) is 0 Å². The predicted octanol–water partition coefficient (Wildman–Crippen LogP) is 3.06. The molecular formula is C21H19N5O4. The summed E-state index contributed by atoms with van der Waals surface area (Å²) in [7, 11) is 1.27. The van der Waals surface area contributed by atoms with E-state index in [4.69, 9.17) is 0 Å². The second kappa shape index (κ2) is 8.16. The van der Waals surface area contributed by atoms with Gasteiger partial charge in [-0.3, -0.25) is 10.1 Å². The van der Waals surface area contributed by atoms with Gasteiger partial charge >= 0.3 is 5.97 Å². The van der Waals surface area contributed by atoms with Gasteiger partial charge in [-0.2, -0.15) is 0 Å². The van der Waals surface area contributed by atoms with Crippen LogP contribution in [0.2, 0.25) is 0 Å². The summed E-state index contributed by atoms with van der Waals surface area (Å²) in [6.45, 7) is 1.62. The first-order chi connectivity index (χ1) is 14.6. The first-order valence-corrected chi connectivity index (χ1v) is 9.33. The number of anilines is 1. The number of nitro benzene ring substituents is 1. The zero-order valence-electron chi connectivity index (χ0n) is 16.3. The van der Waals surface area contributed by atoms with Crippen molar-refractivity contribution >= 4 is 23.4 Å². The Bertz CT molecular complexity index is 1120. The molecule has 9 nitrogen and oxygen atoms in total. The number of esters is 1. The number of nitrogens with zero attached hydrogens (tertiary/aromatic N) is 5. The van der Waals surface area contributed by atoms with Crippen molar-refractivity contribution in [3.63, 3.8) is 0 Å². The molecule has 0 bridgehead atoms. The van der Waals surface area contributed by atoms with Gasteiger partial charge in [-0.25, -0.2) is 4.79 Å². The molecule has 0 amide bonds. The average Bonchev–Trinajstić information content (AvgIpc) is 3.21. The number of carbonyl (C=O) groups excluding carboxylic acids is 1. The molecule has 0 aliphatic carbocycles. The van der Waals surface area contributed by atoms with Crippen LogP contribution >= 0.6 is 0 Å². The van der Waals surface area contributed by atoms with E-state index in [2.05, 4.69) is 14.9 Å². The fraction of sp³-hybridized carbons (Fsp3) is 0.190. The van der Waals surface area contributed by atoms with Gasteiger partial charge in [-0.1, -0.05) is 36.4 Å². The molecule has 1 aromatic heterocycles. The molecule has 1 aliphatic rings. The van der Waals surface area contributed by atoms with Crippen molar-refractivity contribution in [2.45, 2.75) is 13.1 Å². The molecule has 0 saturated carbocycles. The fourth-order valence-corrected chi connectivity index (χ4v) is 3.45. The van der Waals surface area contributed by atoms with Gasteiger partial charge < -0.3 is 14.2 Å². The Labute approximate surface area is 172 Å². The minimum absolute atomic E-state index is 0.0294. The molecule has 2 aromatic carbocycles. The highest BCUT2D eigenvalue weighted by atomic mass is 16.6. The number of rotatable bonds is 5. The maximum Gasteiger partial charge on any atom is 0.330 e. The number of nitro groups is 1. The van der Waals surface area contributed by atoms with Crippen LogP contribution in [0.3, 0.4) is 0 Å². The van der Waals surface area contributed by atoms with Crippen LogP contribution in [0.25, 0.3) is 17.5 Å². The number of ether oxygens (including phenoxy) is 1. The van der Waals surface area contributed by atoms with E-state index in [0.717, 1.165) is 17.2 Å². The van der Waals surface area contributed by atoms with E-state index < -0.39 is 10.9 Å². The average molecular weight is 405 g/mol. The van der Waals surface area contributed by atoms with Gasteiger partial charge in [0.25, 0.3) is 5.69 Å². The second-order valence-corrected chi connectivity index (χ2v) is 6.74. The molecule has 0 spiro atoms. The van der Waals surface area contributed by atoms with Gasteiger partial charge in [0.15, 0.2) is 11.6 Å². The summed E-state index contributed by atoms with van der Waals surface area (Å²) in [4.78, 5) is 24.5. The molecule has 0 atom stereocenters. The van der Waals surface area contributed by atoms with Crippen molar-refractivity contribution in [2.75, 3.05) is 18.6 Å². The SMILES string of the molecule is COC(=O)/C=C/c1ccc(N2CCn3c(nnc3-c3ccccc3)C2)c([N+](=O)[O-])c1. The van der Waals surface area contributed by atoms with Crippen LogP contribution in [0.4, 0.5) is 11.4 Å². The standard InChI is InChI=1S/C21H19N5O4/c1-30-20(27)10-8-15-7-9-17(18(13-15)26(28)29)24-11-12-25-19(14-24)22-23-21(25)16-5-3-2-4-6-16/h2-10,13H,11-12,14H2,1H3/b10-8+. The largest absolute Gasteiger partial charge is 0.466 e. The molecule has 9 heteroatoms. The number of benzene rings is 2. The van der Waals surface area contributed by atoms with Crippen molar-refractivity contribution in [2.24, 2.45) is 0 Å². The van der Waals surface area contributed by atoms with Gasteiger partial charge in [0.1, 0.15) is 5.69 Å². The van der Waals surface area contributed by atoms with Crippen molar-refractivity contribution in [3.8, 4) is 11.4 Å². The van der Waals surface area contributed by atoms with E-state index in [-0.39, 0.29) is 5.69 Å². The maximum absolute atomic E-state index is 11.7. The van der Waals surface area contributed by atoms with Crippen molar-refractivity contribution < 1.29 is 14.5 Å². The van der Waals surface area contributed by atoms with Crippen LogP contribution in [-0.2, 0) is 22.6 Å². The third kappa shape index (κ3) is 3.77. The highest BCUT2D eigenvalue weighted by Gasteiger charge is 2.26. The number of fused-ring (bicyclic) bond motifs is 1.